The van der Waals surface area contributed by atoms with Gasteiger partial charge in [-0.25, -0.2) is 19.9 Å². The van der Waals surface area contributed by atoms with E-state index in [-0.39, 0.29) is 17.5 Å². The second-order valence-corrected chi connectivity index (χ2v) is 16.2. The van der Waals surface area contributed by atoms with E-state index in [1.54, 1.807) is 24.4 Å². The lowest BCUT2D eigenvalue weighted by molar-refractivity contribution is -0.126. The largest absolute Gasteiger partial charge is 0.474 e. The Morgan fingerprint density at radius 1 is 0.887 bits per heavy atom. The number of benzene rings is 2. The molecule has 15 nitrogen and oxygen atoms in total. The van der Waals surface area contributed by atoms with E-state index in [9.17, 15) is 14.4 Å². The SMILES string of the molecule is C=C(/N=C\C(=C/C)C(=O)N1CCN(c2ccc(C(C)=O)c(C(C)=O)c2)CC1)N1CCN(Cc2ccc(Nc3ncc4c(n3)CN(c3cnc5c(c3C)NCCO5)CC4)cc2)CC1. The van der Waals surface area contributed by atoms with Crippen molar-refractivity contribution < 1.29 is 19.1 Å². The van der Waals surface area contributed by atoms with E-state index in [1.807, 2.05) is 30.3 Å². The third-order valence-corrected chi connectivity index (χ3v) is 12.2. The van der Waals surface area contributed by atoms with E-state index < -0.39 is 0 Å². The van der Waals surface area contributed by atoms with Gasteiger partial charge < -0.3 is 35.0 Å². The number of carbonyl (C=O) groups excluding carboxylic acids is 3. The van der Waals surface area contributed by atoms with Crippen molar-refractivity contribution in [3.8, 4) is 5.88 Å². The number of pyridine rings is 1. The molecule has 0 radical (unpaired) electrons. The van der Waals surface area contributed by atoms with Crippen LogP contribution in [-0.4, -0.2) is 125 Å². The van der Waals surface area contributed by atoms with E-state index in [1.165, 1.54) is 25.0 Å². The Bertz CT molecular complexity index is 2420. The lowest BCUT2D eigenvalue weighted by Crippen LogP contribution is -2.49. The number of aliphatic imine (C=N–C) groups is 1. The molecule has 0 spiro atoms. The van der Waals surface area contributed by atoms with Crippen molar-refractivity contribution >= 4 is 52.4 Å². The number of rotatable bonds is 12. The van der Waals surface area contributed by atoms with Crippen molar-refractivity contribution in [3.05, 3.63) is 112 Å². The van der Waals surface area contributed by atoms with Crippen molar-refractivity contribution in [2.24, 2.45) is 4.99 Å². The number of anilines is 5. The summed E-state index contributed by atoms with van der Waals surface area (Å²) in [6, 6.07) is 13.8. The highest BCUT2D eigenvalue weighted by atomic mass is 16.5. The Balaban J connectivity index is 0.784. The summed E-state index contributed by atoms with van der Waals surface area (Å²) in [5.41, 5.74) is 9.81. The number of nitrogens with zero attached hydrogens (tertiary/aromatic N) is 9. The summed E-state index contributed by atoms with van der Waals surface area (Å²) in [4.78, 5) is 67.4. The standard InChI is InChI=1S/C47H55N11O4/c1-6-36(46(61)57-22-20-56(21-23-57)39-11-12-40(32(3)59)41(25-39)33(4)60)26-49-34(5)55-18-16-54(17-19-55)29-35-7-9-38(10-8-35)52-47-51-27-37-13-15-58(30-42(37)53-47)43-28-50-45-44(31(43)2)48-14-24-62-45/h6-12,25-28,48H,5,13-24,29-30H2,1-4H3,(H,51,52,53)/b36-6+,49-26-. The number of carbonyl (C=O) groups is 3. The van der Waals surface area contributed by atoms with E-state index in [4.69, 9.17) is 9.72 Å². The van der Waals surface area contributed by atoms with Gasteiger partial charge >= 0.3 is 0 Å². The number of nitrogens with one attached hydrogen (secondary N) is 2. The van der Waals surface area contributed by atoms with Gasteiger partial charge in [-0.15, -0.1) is 0 Å². The number of hydrogen-bond acceptors (Lipinski definition) is 14. The summed E-state index contributed by atoms with van der Waals surface area (Å²) in [5.74, 6) is 1.55. The third kappa shape index (κ3) is 9.32. The van der Waals surface area contributed by atoms with Crippen LogP contribution in [0.4, 0.5) is 28.7 Å². The Hall–Kier alpha value is -6.61. The van der Waals surface area contributed by atoms with Crippen LogP contribution in [0.2, 0.25) is 0 Å². The fraction of sp³-hybridized carbons (Fsp3) is 0.383. The quantitative estimate of drug-likeness (QED) is 0.103. The van der Waals surface area contributed by atoms with Crippen LogP contribution in [0.1, 0.15) is 63.9 Å². The Labute approximate surface area is 363 Å². The Kier molecular flexibility index (Phi) is 12.6. The van der Waals surface area contributed by atoms with Gasteiger partial charge in [-0.05, 0) is 75.6 Å². The van der Waals surface area contributed by atoms with E-state index >= 15 is 0 Å². The van der Waals surface area contributed by atoms with Crippen LogP contribution in [0, 0.1) is 6.92 Å². The lowest BCUT2D eigenvalue weighted by atomic mass is 10.00. The summed E-state index contributed by atoms with van der Waals surface area (Å²) >= 11 is 0. The number of amides is 1. The highest BCUT2D eigenvalue weighted by Gasteiger charge is 2.26. The van der Waals surface area contributed by atoms with Crippen LogP contribution < -0.4 is 25.2 Å². The first kappa shape index (κ1) is 42.1. The minimum atomic E-state index is -0.141. The molecular weight excluding hydrogens is 783 g/mol. The molecule has 1 amide bonds. The fourth-order valence-corrected chi connectivity index (χ4v) is 8.50. The first-order chi connectivity index (χ1) is 30.0. The third-order valence-electron chi connectivity index (χ3n) is 12.2. The molecule has 2 fully saturated rings. The molecule has 2 aromatic carbocycles. The van der Waals surface area contributed by atoms with Gasteiger partial charge in [-0.2, -0.15) is 0 Å². The summed E-state index contributed by atoms with van der Waals surface area (Å²) in [7, 11) is 0. The van der Waals surface area contributed by atoms with Crippen molar-refractivity contribution in [1.29, 1.82) is 0 Å². The normalized spacial score (nSPS) is 16.9. The minimum absolute atomic E-state index is 0.0726. The molecule has 62 heavy (non-hydrogen) atoms. The summed E-state index contributed by atoms with van der Waals surface area (Å²) < 4.78 is 5.74. The molecule has 8 rings (SSSR count). The van der Waals surface area contributed by atoms with Gasteiger partial charge in [0.2, 0.25) is 11.8 Å². The molecule has 15 heteroatoms. The number of allylic oxidation sites excluding steroid dienone is 1. The maximum absolute atomic E-state index is 13.5. The average molecular weight is 838 g/mol. The highest BCUT2D eigenvalue weighted by molar-refractivity contribution is 6.12. The van der Waals surface area contributed by atoms with Gasteiger partial charge in [-0.1, -0.05) is 24.8 Å². The number of aromatic nitrogens is 3. The van der Waals surface area contributed by atoms with Gasteiger partial charge in [0.05, 0.1) is 29.7 Å². The lowest BCUT2D eigenvalue weighted by Gasteiger charge is -2.36. The van der Waals surface area contributed by atoms with Crippen LogP contribution in [0.5, 0.6) is 5.88 Å². The molecule has 0 atom stereocenters. The van der Waals surface area contributed by atoms with Gasteiger partial charge in [0.25, 0.3) is 5.91 Å². The minimum Gasteiger partial charge on any atom is -0.474 e. The number of hydrogen-bond donors (Lipinski definition) is 2. The van der Waals surface area contributed by atoms with Crippen LogP contribution in [0.3, 0.4) is 0 Å². The van der Waals surface area contributed by atoms with E-state index in [0.29, 0.717) is 73.7 Å². The van der Waals surface area contributed by atoms with Crippen molar-refractivity contribution in [1.82, 2.24) is 29.7 Å². The summed E-state index contributed by atoms with van der Waals surface area (Å²) in [6.07, 6.45) is 8.15. The van der Waals surface area contributed by atoms with Gasteiger partial charge in [0.1, 0.15) is 18.1 Å². The molecule has 0 bridgehead atoms. The highest BCUT2D eigenvalue weighted by Crippen LogP contribution is 2.36. The smallest absolute Gasteiger partial charge is 0.255 e. The monoisotopic (exact) mass is 837 g/mol. The predicted molar refractivity (Wildman–Crippen MR) is 243 cm³/mol. The van der Waals surface area contributed by atoms with E-state index in [2.05, 4.69) is 83.0 Å². The zero-order valence-electron chi connectivity index (χ0n) is 36.1. The zero-order valence-corrected chi connectivity index (χ0v) is 36.1. The van der Waals surface area contributed by atoms with Crippen LogP contribution in [0.25, 0.3) is 0 Å². The molecule has 2 aromatic heterocycles. The molecule has 4 aliphatic rings. The Morgan fingerprint density at radius 2 is 1.63 bits per heavy atom. The molecule has 4 aliphatic heterocycles. The molecule has 2 N–H and O–H groups in total. The van der Waals surface area contributed by atoms with Crippen LogP contribution >= 0.6 is 0 Å². The number of ether oxygens (including phenoxy) is 1. The molecule has 322 valence electrons. The predicted octanol–water partition coefficient (Wildman–Crippen LogP) is 5.65. The number of fused-ring (bicyclic) bond motifs is 2. The molecule has 0 aliphatic carbocycles. The van der Waals surface area contributed by atoms with Crippen molar-refractivity contribution in [3.63, 3.8) is 0 Å². The zero-order chi connectivity index (χ0) is 43.3. The van der Waals surface area contributed by atoms with Crippen molar-refractivity contribution in [2.75, 3.05) is 92.5 Å². The Morgan fingerprint density at radius 3 is 2.35 bits per heavy atom. The second-order valence-electron chi connectivity index (χ2n) is 16.2. The topological polar surface area (TPSA) is 152 Å². The van der Waals surface area contributed by atoms with Crippen LogP contribution in [-0.2, 0) is 24.3 Å². The first-order valence-corrected chi connectivity index (χ1v) is 21.4. The fourth-order valence-electron chi connectivity index (χ4n) is 8.50. The second kappa shape index (κ2) is 18.6. The molecule has 6 heterocycles. The molecular formula is C47H55N11O4. The maximum Gasteiger partial charge on any atom is 0.255 e. The van der Waals surface area contributed by atoms with Gasteiger partial charge in [-0.3, -0.25) is 19.3 Å². The molecule has 4 aromatic rings. The van der Waals surface area contributed by atoms with Crippen LogP contribution in [0.15, 0.2) is 83.9 Å². The average Bonchev–Trinajstić information content (AvgIpc) is 3.29. The van der Waals surface area contributed by atoms with Gasteiger partial charge in [0.15, 0.2) is 11.6 Å². The summed E-state index contributed by atoms with van der Waals surface area (Å²) in [6.45, 7) is 20.5. The maximum atomic E-state index is 13.5. The molecule has 0 unspecified atom stereocenters. The molecule has 2 saturated heterocycles. The van der Waals surface area contributed by atoms with E-state index in [0.717, 1.165) is 86.2 Å². The van der Waals surface area contributed by atoms with Gasteiger partial charge in [0, 0.05) is 112 Å². The number of piperazine rings is 2. The van der Waals surface area contributed by atoms with Crippen molar-refractivity contribution in [2.45, 2.75) is 47.2 Å². The first-order valence-electron chi connectivity index (χ1n) is 21.4. The summed E-state index contributed by atoms with van der Waals surface area (Å²) in [5, 5.41) is 6.85. The number of ketones is 2. The molecule has 0 saturated carbocycles. The number of Topliss-reactive ketones (excluding diaryl/α,β-unsaturated/α-hetero) is 2.